The van der Waals surface area contributed by atoms with Gasteiger partial charge in [-0.1, -0.05) is 29.8 Å². The normalized spacial score (nSPS) is 10.2. The Morgan fingerprint density at radius 2 is 1.71 bits per heavy atom. The minimum atomic E-state index is -1.11. The minimum absolute atomic E-state index is 0.00187. The van der Waals surface area contributed by atoms with E-state index < -0.39 is 5.97 Å². The van der Waals surface area contributed by atoms with Gasteiger partial charge in [0.15, 0.2) is 0 Å². The summed E-state index contributed by atoms with van der Waals surface area (Å²) in [6, 6.07) is 9.33. The van der Waals surface area contributed by atoms with Crippen molar-refractivity contribution in [3.63, 3.8) is 0 Å². The lowest BCUT2D eigenvalue weighted by Gasteiger charge is -2.02. The summed E-state index contributed by atoms with van der Waals surface area (Å²) < 4.78 is 0.501. The van der Waals surface area contributed by atoms with Crippen LogP contribution in [0.4, 0.5) is 0 Å². The standard InChI is InChI=1S/C12H7ClO3S/c13-10-6-5-9(17-10)11(14)7-3-1-2-4-8(7)12(15)16/h1-6H,(H,15,16). The number of hydrogen-bond donors (Lipinski definition) is 1. The van der Waals surface area contributed by atoms with Gasteiger partial charge in [0.1, 0.15) is 0 Å². The number of halogens is 1. The topological polar surface area (TPSA) is 54.4 Å². The zero-order chi connectivity index (χ0) is 12.4. The SMILES string of the molecule is O=C(O)c1ccccc1C(=O)c1ccc(Cl)s1. The molecule has 0 spiro atoms. The van der Waals surface area contributed by atoms with Crippen LogP contribution in [0.5, 0.6) is 0 Å². The number of ketones is 1. The fourth-order valence-electron chi connectivity index (χ4n) is 1.44. The predicted molar refractivity (Wildman–Crippen MR) is 66.2 cm³/mol. The minimum Gasteiger partial charge on any atom is -0.478 e. The highest BCUT2D eigenvalue weighted by atomic mass is 35.5. The van der Waals surface area contributed by atoms with Gasteiger partial charge in [-0.05, 0) is 18.2 Å². The number of carboxylic acid groups (broad SMARTS) is 1. The molecular formula is C12H7ClO3S. The Kier molecular flexibility index (Phi) is 3.26. The van der Waals surface area contributed by atoms with Crippen molar-refractivity contribution in [2.24, 2.45) is 0 Å². The second-order valence-electron chi connectivity index (χ2n) is 3.28. The van der Waals surface area contributed by atoms with Crippen LogP contribution >= 0.6 is 22.9 Å². The van der Waals surface area contributed by atoms with Crippen molar-refractivity contribution in [2.75, 3.05) is 0 Å². The largest absolute Gasteiger partial charge is 0.478 e. The van der Waals surface area contributed by atoms with Crippen molar-refractivity contribution in [1.29, 1.82) is 0 Å². The van der Waals surface area contributed by atoms with Gasteiger partial charge in [0, 0.05) is 5.56 Å². The molecule has 86 valence electrons. The number of carboxylic acids is 1. The van der Waals surface area contributed by atoms with Crippen LogP contribution in [0.15, 0.2) is 36.4 Å². The predicted octanol–water partition coefficient (Wildman–Crippen LogP) is 3.33. The molecule has 0 saturated carbocycles. The molecule has 5 heteroatoms. The molecule has 1 aromatic carbocycles. The van der Waals surface area contributed by atoms with Gasteiger partial charge in [-0.2, -0.15) is 0 Å². The second-order valence-corrected chi connectivity index (χ2v) is 5.00. The molecule has 0 radical (unpaired) electrons. The Bertz CT molecular complexity index is 589. The molecular weight excluding hydrogens is 260 g/mol. The van der Waals surface area contributed by atoms with E-state index in [4.69, 9.17) is 16.7 Å². The highest BCUT2D eigenvalue weighted by Crippen LogP contribution is 2.25. The molecule has 1 heterocycles. The fraction of sp³-hybridized carbons (Fsp3) is 0. The lowest BCUT2D eigenvalue weighted by molar-refractivity contribution is 0.0693. The lowest BCUT2D eigenvalue weighted by atomic mass is 10.0. The first-order chi connectivity index (χ1) is 8.09. The van der Waals surface area contributed by atoms with Crippen LogP contribution < -0.4 is 0 Å². The number of benzene rings is 1. The Morgan fingerprint density at radius 3 is 2.24 bits per heavy atom. The number of rotatable bonds is 3. The molecule has 3 nitrogen and oxygen atoms in total. The van der Waals surface area contributed by atoms with Crippen LogP contribution in [0, 0.1) is 0 Å². The highest BCUT2D eigenvalue weighted by Gasteiger charge is 2.18. The Hall–Kier alpha value is -1.65. The first-order valence-electron chi connectivity index (χ1n) is 4.72. The Morgan fingerprint density at radius 1 is 1.06 bits per heavy atom. The molecule has 0 amide bonds. The first kappa shape index (κ1) is 11.8. The Balaban J connectivity index is 2.47. The van der Waals surface area contributed by atoms with E-state index in [-0.39, 0.29) is 16.9 Å². The van der Waals surface area contributed by atoms with Gasteiger partial charge in [0.2, 0.25) is 5.78 Å². The molecule has 0 aliphatic heterocycles. The van der Waals surface area contributed by atoms with Crippen LogP contribution in [0.25, 0.3) is 0 Å². The molecule has 1 aromatic heterocycles. The average molecular weight is 267 g/mol. The molecule has 0 aliphatic carbocycles. The maximum atomic E-state index is 12.1. The summed E-state index contributed by atoms with van der Waals surface area (Å²) in [4.78, 5) is 23.5. The molecule has 17 heavy (non-hydrogen) atoms. The van der Waals surface area contributed by atoms with E-state index in [9.17, 15) is 9.59 Å². The second kappa shape index (κ2) is 4.69. The number of carbonyl (C=O) groups excluding carboxylic acids is 1. The van der Waals surface area contributed by atoms with Crippen LogP contribution in [-0.2, 0) is 0 Å². The van der Waals surface area contributed by atoms with Gasteiger partial charge >= 0.3 is 5.97 Å². The third-order valence-electron chi connectivity index (χ3n) is 2.20. The molecule has 0 fully saturated rings. The van der Waals surface area contributed by atoms with Gasteiger partial charge in [-0.25, -0.2) is 4.79 Å². The summed E-state index contributed by atoms with van der Waals surface area (Å²) in [6.07, 6.45) is 0. The van der Waals surface area contributed by atoms with Crippen LogP contribution in [0.3, 0.4) is 0 Å². The third-order valence-corrected chi connectivity index (χ3v) is 3.43. The lowest BCUT2D eigenvalue weighted by Crippen LogP contribution is -2.08. The summed E-state index contributed by atoms with van der Waals surface area (Å²) in [5.41, 5.74) is 0.181. The number of thiophene rings is 1. The van der Waals surface area contributed by atoms with E-state index >= 15 is 0 Å². The molecule has 2 aromatic rings. The highest BCUT2D eigenvalue weighted by molar-refractivity contribution is 7.18. The van der Waals surface area contributed by atoms with Crippen molar-refractivity contribution in [3.8, 4) is 0 Å². The van der Waals surface area contributed by atoms with E-state index in [1.807, 2.05) is 0 Å². The van der Waals surface area contributed by atoms with Crippen molar-refractivity contribution in [2.45, 2.75) is 0 Å². The van der Waals surface area contributed by atoms with Gasteiger partial charge in [0.25, 0.3) is 0 Å². The van der Waals surface area contributed by atoms with E-state index in [0.29, 0.717) is 9.21 Å². The molecule has 0 atom stereocenters. The van der Waals surface area contributed by atoms with E-state index in [2.05, 4.69) is 0 Å². The summed E-state index contributed by atoms with van der Waals surface area (Å²) in [6.45, 7) is 0. The van der Waals surface area contributed by atoms with E-state index in [1.165, 1.54) is 12.1 Å². The quantitative estimate of drug-likeness (QED) is 0.867. The van der Waals surface area contributed by atoms with E-state index in [0.717, 1.165) is 11.3 Å². The monoisotopic (exact) mass is 266 g/mol. The van der Waals surface area contributed by atoms with Crippen LogP contribution in [-0.4, -0.2) is 16.9 Å². The number of hydrogen-bond acceptors (Lipinski definition) is 3. The van der Waals surface area contributed by atoms with Crippen LogP contribution in [0.1, 0.15) is 25.6 Å². The average Bonchev–Trinajstić information content (AvgIpc) is 2.75. The van der Waals surface area contributed by atoms with Gasteiger partial charge < -0.3 is 5.11 Å². The van der Waals surface area contributed by atoms with Crippen molar-refractivity contribution in [3.05, 3.63) is 56.7 Å². The molecule has 1 N–H and O–H groups in total. The maximum Gasteiger partial charge on any atom is 0.336 e. The zero-order valence-corrected chi connectivity index (χ0v) is 10.1. The smallest absolute Gasteiger partial charge is 0.336 e. The van der Waals surface area contributed by atoms with Crippen molar-refractivity contribution in [1.82, 2.24) is 0 Å². The van der Waals surface area contributed by atoms with Gasteiger partial charge in [-0.15, -0.1) is 11.3 Å². The zero-order valence-electron chi connectivity index (χ0n) is 8.51. The summed E-state index contributed by atoms with van der Waals surface area (Å²) >= 11 is 6.88. The summed E-state index contributed by atoms with van der Waals surface area (Å²) in [5, 5.41) is 8.99. The van der Waals surface area contributed by atoms with E-state index in [1.54, 1.807) is 24.3 Å². The van der Waals surface area contributed by atoms with Crippen LogP contribution in [0.2, 0.25) is 4.34 Å². The first-order valence-corrected chi connectivity index (χ1v) is 5.91. The van der Waals surface area contributed by atoms with Gasteiger partial charge in [-0.3, -0.25) is 4.79 Å². The summed E-state index contributed by atoms with van der Waals surface area (Å²) in [7, 11) is 0. The van der Waals surface area contributed by atoms with Crippen molar-refractivity contribution >= 4 is 34.7 Å². The molecule has 0 saturated heterocycles. The Labute approximate surface area is 106 Å². The molecule has 0 aliphatic rings. The van der Waals surface area contributed by atoms with Gasteiger partial charge in [0.05, 0.1) is 14.8 Å². The number of aromatic carboxylic acids is 1. The molecule has 0 bridgehead atoms. The third kappa shape index (κ3) is 2.38. The summed E-state index contributed by atoms with van der Waals surface area (Å²) in [5.74, 6) is -1.43. The maximum absolute atomic E-state index is 12.1. The molecule has 2 rings (SSSR count). The molecule has 0 unspecified atom stereocenters. The van der Waals surface area contributed by atoms with Crippen molar-refractivity contribution < 1.29 is 14.7 Å². The number of carbonyl (C=O) groups is 2. The fourth-order valence-corrected chi connectivity index (χ4v) is 2.43.